The van der Waals surface area contributed by atoms with Gasteiger partial charge < -0.3 is 25.1 Å². The van der Waals surface area contributed by atoms with Crippen LogP contribution in [0.5, 0.6) is 0 Å². The van der Waals surface area contributed by atoms with Crippen molar-refractivity contribution in [3.05, 3.63) is 47.5 Å². The molecule has 3 aromatic rings. The number of rotatable bonds is 5. The topological polar surface area (TPSA) is 120 Å². The molecule has 0 spiro atoms. The van der Waals surface area contributed by atoms with Crippen molar-refractivity contribution >= 4 is 23.3 Å². The lowest BCUT2D eigenvalue weighted by molar-refractivity contribution is -0.130. The lowest BCUT2D eigenvalue weighted by Gasteiger charge is -2.21. The molecule has 4 heterocycles. The van der Waals surface area contributed by atoms with E-state index >= 15 is 0 Å². The Morgan fingerprint density at radius 2 is 2.16 bits per heavy atom. The molecule has 1 aliphatic rings. The summed E-state index contributed by atoms with van der Waals surface area (Å²) in [5.74, 6) is 5.88. The molecule has 0 radical (unpaired) electrons. The van der Waals surface area contributed by atoms with Gasteiger partial charge in [-0.05, 0) is 24.5 Å². The highest BCUT2D eigenvalue weighted by molar-refractivity contribution is 6.00. The van der Waals surface area contributed by atoms with Gasteiger partial charge in [0.25, 0.3) is 5.91 Å². The van der Waals surface area contributed by atoms with E-state index in [2.05, 4.69) is 27.2 Å². The van der Waals surface area contributed by atoms with Crippen LogP contribution in [0.15, 0.2) is 30.7 Å². The Labute approximate surface area is 185 Å². The van der Waals surface area contributed by atoms with Crippen molar-refractivity contribution in [1.82, 2.24) is 24.1 Å². The predicted octanol–water partition coefficient (Wildman–Crippen LogP) is 0.880. The summed E-state index contributed by atoms with van der Waals surface area (Å²) in [5.41, 5.74) is 7.77. The zero-order valence-electron chi connectivity index (χ0n) is 18.2. The molecular weight excluding hydrogens is 410 g/mol. The molecular formula is C22H25N7O3. The van der Waals surface area contributed by atoms with Gasteiger partial charge in [0.15, 0.2) is 5.69 Å². The number of pyridine rings is 1. The molecule has 0 bridgehead atoms. The molecule has 0 aromatic carbocycles. The van der Waals surface area contributed by atoms with Crippen molar-refractivity contribution in [1.29, 1.82) is 0 Å². The summed E-state index contributed by atoms with van der Waals surface area (Å²) < 4.78 is 8.86. The molecule has 1 aliphatic heterocycles. The van der Waals surface area contributed by atoms with E-state index in [0.29, 0.717) is 25.4 Å². The Morgan fingerprint density at radius 1 is 1.34 bits per heavy atom. The van der Waals surface area contributed by atoms with Crippen molar-refractivity contribution in [3.8, 4) is 11.8 Å². The molecule has 2 atom stereocenters. The zero-order chi connectivity index (χ0) is 22.8. The van der Waals surface area contributed by atoms with E-state index in [1.807, 2.05) is 28.9 Å². The molecule has 3 aromatic heterocycles. The summed E-state index contributed by atoms with van der Waals surface area (Å²) in [6, 6.07) is 3.51. The fourth-order valence-electron chi connectivity index (χ4n) is 4.19. The first kappa shape index (κ1) is 21.4. The Morgan fingerprint density at radius 3 is 2.84 bits per heavy atom. The normalized spacial score (nSPS) is 17.9. The number of ether oxygens (including phenoxy) is 1. The van der Waals surface area contributed by atoms with E-state index in [4.69, 9.17) is 10.5 Å². The second-order valence-electron chi connectivity index (χ2n) is 7.66. The van der Waals surface area contributed by atoms with Crippen LogP contribution in [-0.4, -0.2) is 69.2 Å². The number of imidazole rings is 1. The maximum atomic E-state index is 12.3. The molecule has 10 nitrogen and oxygen atoms in total. The summed E-state index contributed by atoms with van der Waals surface area (Å²) >= 11 is 0. The van der Waals surface area contributed by atoms with Crippen LogP contribution in [0.3, 0.4) is 0 Å². The van der Waals surface area contributed by atoms with Gasteiger partial charge in [-0.1, -0.05) is 5.92 Å². The average molecular weight is 435 g/mol. The van der Waals surface area contributed by atoms with Gasteiger partial charge in [-0.25, -0.2) is 9.67 Å². The van der Waals surface area contributed by atoms with E-state index in [1.165, 1.54) is 6.92 Å². The highest BCUT2D eigenvalue weighted by Gasteiger charge is 2.37. The Hall–Kier alpha value is -3.84. The number of nitrogens with one attached hydrogen (secondary N) is 1. The smallest absolute Gasteiger partial charge is 0.255 e. The van der Waals surface area contributed by atoms with E-state index in [1.54, 1.807) is 29.9 Å². The summed E-state index contributed by atoms with van der Waals surface area (Å²) in [6.45, 7) is 2.43. The summed E-state index contributed by atoms with van der Waals surface area (Å²) in [7, 11) is 3.31. The quantitative estimate of drug-likeness (QED) is 0.574. The van der Waals surface area contributed by atoms with Gasteiger partial charge in [0, 0.05) is 51.8 Å². The highest BCUT2D eigenvalue weighted by atomic mass is 16.5. The van der Waals surface area contributed by atoms with Gasteiger partial charge in [0.1, 0.15) is 17.0 Å². The highest BCUT2D eigenvalue weighted by Crippen LogP contribution is 2.32. The third kappa shape index (κ3) is 3.90. The average Bonchev–Trinajstić information content (AvgIpc) is 3.48. The van der Waals surface area contributed by atoms with Gasteiger partial charge in [0.05, 0.1) is 18.7 Å². The number of hydrogen-bond acceptors (Lipinski definition) is 6. The molecule has 166 valence electrons. The van der Waals surface area contributed by atoms with Gasteiger partial charge in [-0.3, -0.25) is 9.59 Å². The lowest BCUT2D eigenvalue weighted by atomic mass is 10.1. The molecule has 0 unspecified atom stereocenters. The van der Waals surface area contributed by atoms with Crippen LogP contribution >= 0.6 is 0 Å². The van der Waals surface area contributed by atoms with Crippen LogP contribution in [0.2, 0.25) is 0 Å². The minimum Gasteiger partial charge on any atom is -0.383 e. The van der Waals surface area contributed by atoms with Crippen molar-refractivity contribution in [3.63, 3.8) is 0 Å². The maximum Gasteiger partial charge on any atom is 0.255 e. The molecule has 0 aliphatic carbocycles. The molecule has 10 heteroatoms. The molecule has 32 heavy (non-hydrogen) atoms. The fraction of sp³-hybridized carbons (Fsp3) is 0.364. The van der Waals surface area contributed by atoms with Crippen LogP contribution in [0, 0.1) is 11.8 Å². The first-order valence-electron chi connectivity index (χ1n) is 10.2. The van der Waals surface area contributed by atoms with E-state index < -0.39 is 5.91 Å². The number of likely N-dealkylation sites (tertiary alicyclic amines) is 1. The van der Waals surface area contributed by atoms with Crippen LogP contribution < -0.4 is 11.1 Å². The number of amides is 2. The van der Waals surface area contributed by atoms with Crippen molar-refractivity contribution in [2.24, 2.45) is 5.73 Å². The van der Waals surface area contributed by atoms with E-state index in [9.17, 15) is 9.59 Å². The predicted molar refractivity (Wildman–Crippen MR) is 118 cm³/mol. The summed E-state index contributed by atoms with van der Waals surface area (Å²) in [4.78, 5) is 30.4. The van der Waals surface area contributed by atoms with Gasteiger partial charge in [0.2, 0.25) is 5.91 Å². The fourth-order valence-corrected chi connectivity index (χ4v) is 4.19. The largest absolute Gasteiger partial charge is 0.383 e. The summed E-state index contributed by atoms with van der Waals surface area (Å²) in [6.07, 6.45) is 6.04. The number of nitrogens with two attached hydrogens (primary N) is 1. The maximum absolute atomic E-state index is 12.3. The number of methoxy groups -OCH3 is 1. The van der Waals surface area contributed by atoms with Gasteiger partial charge in [-0.15, -0.1) is 0 Å². The monoisotopic (exact) mass is 435 g/mol. The molecule has 3 N–H and O–H groups in total. The van der Waals surface area contributed by atoms with Gasteiger partial charge >= 0.3 is 0 Å². The number of anilines is 1. The van der Waals surface area contributed by atoms with Crippen LogP contribution in [-0.2, 0) is 9.53 Å². The number of carbonyl (C=O) groups excluding carboxylic acids is 2. The Bertz CT molecular complexity index is 1230. The number of carbonyl (C=O) groups is 2. The molecule has 0 saturated carbocycles. The number of fused-ring (bicyclic) bond motifs is 1. The number of hydrogen-bond donors (Lipinski definition) is 2. The van der Waals surface area contributed by atoms with Crippen molar-refractivity contribution in [2.45, 2.75) is 25.4 Å². The van der Waals surface area contributed by atoms with Crippen molar-refractivity contribution in [2.75, 3.05) is 32.6 Å². The van der Waals surface area contributed by atoms with Crippen LogP contribution in [0.4, 0.5) is 5.82 Å². The Balaban J connectivity index is 1.72. The second-order valence-corrected chi connectivity index (χ2v) is 7.66. The number of aromatic nitrogens is 4. The number of nitrogens with zero attached hydrogens (tertiary/aromatic N) is 5. The number of primary amides is 1. The van der Waals surface area contributed by atoms with Crippen molar-refractivity contribution < 1.29 is 14.3 Å². The first-order valence-corrected chi connectivity index (χ1v) is 10.2. The van der Waals surface area contributed by atoms with Crippen LogP contribution in [0.1, 0.15) is 41.0 Å². The molecule has 1 fully saturated rings. The second kappa shape index (κ2) is 8.72. The first-order chi connectivity index (χ1) is 15.4. The molecule has 1 saturated heterocycles. The standard InChI is InChI=1S/C22H25N7O3/c1-14(30)28-12-16(10-17(28)13-32-3)29-22(24-2)20(21(23)31)18(26-29)6-4-15-5-7-19-25-8-9-27(19)11-15/h5,7-9,11,16-17,24H,10,12-13H2,1-3H3,(H2,23,31)/t16-,17+/m0/s1. The summed E-state index contributed by atoms with van der Waals surface area (Å²) in [5, 5.41) is 7.66. The van der Waals surface area contributed by atoms with E-state index in [0.717, 1.165) is 11.2 Å². The molecule has 2 amide bonds. The van der Waals surface area contributed by atoms with Gasteiger partial charge in [-0.2, -0.15) is 5.10 Å². The minimum atomic E-state index is -0.621. The third-order valence-electron chi connectivity index (χ3n) is 5.61. The lowest BCUT2D eigenvalue weighted by Crippen LogP contribution is -2.36. The minimum absolute atomic E-state index is 0.0299. The third-order valence-corrected chi connectivity index (χ3v) is 5.61. The SMILES string of the molecule is CNc1c(C(N)=O)c(C#Cc2ccc3nccn3c2)nn1[C@H]1C[C@H](COC)N(C(C)=O)C1. The van der Waals surface area contributed by atoms with Crippen LogP contribution in [0.25, 0.3) is 5.65 Å². The van der Waals surface area contributed by atoms with E-state index in [-0.39, 0.29) is 29.2 Å². The zero-order valence-corrected chi connectivity index (χ0v) is 18.2. The molecule has 4 rings (SSSR count). The Kier molecular flexibility index (Phi) is 5.83.